The predicted molar refractivity (Wildman–Crippen MR) is 91.9 cm³/mol. The van der Waals surface area contributed by atoms with Crippen molar-refractivity contribution in [1.29, 1.82) is 0 Å². The number of carboxylic acids is 1. The van der Waals surface area contributed by atoms with E-state index in [1.54, 1.807) is 24.7 Å². The summed E-state index contributed by atoms with van der Waals surface area (Å²) in [6.07, 6.45) is 5.30. The maximum Gasteiger partial charge on any atom is 0.315 e. The molecule has 6 nitrogen and oxygen atoms in total. The summed E-state index contributed by atoms with van der Waals surface area (Å²) in [7, 11) is 0. The Morgan fingerprint density at radius 2 is 1.83 bits per heavy atom. The molecule has 3 aromatic rings. The van der Waals surface area contributed by atoms with Crippen LogP contribution in [0.1, 0.15) is 18.9 Å². The fraction of sp³-hybridized carbons (Fsp3) is 0.222. The number of nitrogens with one attached hydrogen (secondary N) is 1. The number of hydrogen-bond acceptors (Lipinski definition) is 5. The van der Waals surface area contributed by atoms with Crippen molar-refractivity contribution in [2.24, 2.45) is 0 Å². The van der Waals surface area contributed by atoms with Crippen LogP contribution in [-0.4, -0.2) is 32.6 Å². The highest BCUT2D eigenvalue weighted by atomic mass is 16.4. The topological polar surface area (TPSA) is 88.0 Å². The molecule has 1 unspecified atom stereocenters. The molecule has 1 aromatic carbocycles. The quantitative estimate of drug-likeness (QED) is 0.725. The van der Waals surface area contributed by atoms with Gasteiger partial charge in [-0.1, -0.05) is 37.3 Å². The summed E-state index contributed by atoms with van der Waals surface area (Å²) in [6.45, 7) is 2.09. The number of nitrogens with zero attached hydrogens (tertiary/aromatic N) is 3. The zero-order valence-corrected chi connectivity index (χ0v) is 13.3. The van der Waals surface area contributed by atoms with Gasteiger partial charge in [0.05, 0.1) is 5.52 Å². The third-order valence-corrected chi connectivity index (χ3v) is 4.28. The van der Waals surface area contributed by atoms with E-state index in [0.29, 0.717) is 23.3 Å². The third-order valence-electron chi connectivity index (χ3n) is 4.28. The van der Waals surface area contributed by atoms with Crippen LogP contribution in [0, 0.1) is 0 Å². The molecule has 0 aliphatic rings. The molecular formula is C18H18N4O2. The first-order valence-corrected chi connectivity index (χ1v) is 7.76. The number of hydrogen-bond donors (Lipinski definition) is 2. The van der Waals surface area contributed by atoms with Gasteiger partial charge < -0.3 is 10.4 Å². The standard InChI is InChI=1S/C18H18N4O2/c1-2-18(17(23)24,13-6-4-3-5-7-13)12-22-16-15-14(8-9-21-16)19-10-11-20-15/h3-11H,2,12H2,1H3,(H,21,22)(H,23,24). The average molecular weight is 322 g/mol. The van der Waals surface area contributed by atoms with Gasteiger partial charge >= 0.3 is 5.97 Å². The molecule has 2 aromatic heterocycles. The van der Waals surface area contributed by atoms with E-state index in [0.717, 1.165) is 5.56 Å². The SMILES string of the molecule is CCC(CNc1nccc2nccnc12)(C(=O)O)c1ccccc1. The first-order valence-electron chi connectivity index (χ1n) is 7.76. The first-order chi connectivity index (χ1) is 11.7. The summed E-state index contributed by atoms with van der Waals surface area (Å²) in [4.78, 5) is 24.9. The summed E-state index contributed by atoms with van der Waals surface area (Å²) in [6, 6.07) is 11.0. The normalized spacial score (nSPS) is 13.4. The fourth-order valence-electron chi connectivity index (χ4n) is 2.80. The van der Waals surface area contributed by atoms with Crippen LogP contribution < -0.4 is 5.32 Å². The lowest BCUT2D eigenvalue weighted by Gasteiger charge is -2.29. The monoisotopic (exact) mass is 322 g/mol. The maximum atomic E-state index is 12.0. The van der Waals surface area contributed by atoms with E-state index < -0.39 is 11.4 Å². The van der Waals surface area contributed by atoms with Crippen molar-refractivity contribution < 1.29 is 9.90 Å². The lowest BCUT2D eigenvalue weighted by molar-refractivity contribution is -0.143. The molecule has 1 atom stereocenters. The van der Waals surface area contributed by atoms with Crippen molar-refractivity contribution in [3.8, 4) is 0 Å². The highest BCUT2D eigenvalue weighted by Gasteiger charge is 2.38. The Morgan fingerprint density at radius 3 is 2.54 bits per heavy atom. The van der Waals surface area contributed by atoms with E-state index in [4.69, 9.17) is 0 Å². The average Bonchev–Trinajstić information content (AvgIpc) is 2.63. The third kappa shape index (κ3) is 2.78. The van der Waals surface area contributed by atoms with Gasteiger partial charge in [-0.3, -0.25) is 9.78 Å². The molecule has 0 aliphatic heterocycles. The molecule has 0 radical (unpaired) electrons. The van der Waals surface area contributed by atoms with E-state index >= 15 is 0 Å². The second-order valence-electron chi connectivity index (χ2n) is 5.54. The number of pyridine rings is 1. The molecule has 0 fully saturated rings. The molecule has 0 saturated carbocycles. The molecule has 2 heterocycles. The Labute approximate surface area is 139 Å². The Balaban J connectivity index is 1.96. The molecule has 0 bridgehead atoms. The van der Waals surface area contributed by atoms with Crippen molar-refractivity contribution in [3.05, 3.63) is 60.6 Å². The van der Waals surface area contributed by atoms with Crippen LogP contribution in [0.15, 0.2) is 55.0 Å². The largest absolute Gasteiger partial charge is 0.481 e. The zero-order chi connectivity index (χ0) is 17.0. The summed E-state index contributed by atoms with van der Waals surface area (Å²) in [5.41, 5.74) is 1.07. The van der Waals surface area contributed by atoms with E-state index in [9.17, 15) is 9.90 Å². The van der Waals surface area contributed by atoms with E-state index in [2.05, 4.69) is 20.3 Å². The summed E-state index contributed by atoms with van der Waals surface area (Å²) in [5.74, 6) is -0.328. The molecular weight excluding hydrogens is 304 g/mol. The van der Waals surface area contributed by atoms with Crippen molar-refractivity contribution in [2.45, 2.75) is 18.8 Å². The van der Waals surface area contributed by atoms with Crippen molar-refractivity contribution in [3.63, 3.8) is 0 Å². The Morgan fingerprint density at radius 1 is 1.08 bits per heavy atom. The van der Waals surface area contributed by atoms with Gasteiger partial charge in [0.2, 0.25) is 0 Å². The predicted octanol–water partition coefficient (Wildman–Crippen LogP) is 2.87. The van der Waals surface area contributed by atoms with Crippen molar-refractivity contribution in [2.75, 3.05) is 11.9 Å². The number of rotatable bonds is 6. The van der Waals surface area contributed by atoms with Gasteiger partial charge in [-0.2, -0.15) is 0 Å². The Hall–Kier alpha value is -3.02. The van der Waals surface area contributed by atoms with Gasteiger partial charge in [-0.15, -0.1) is 0 Å². The van der Waals surface area contributed by atoms with Crippen LogP contribution in [0.4, 0.5) is 5.82 Å². The van der Waals surface area contributed by atoms with Crippen molar-refractivity contribution >= 4 is 22.8 Å². The Bertz CT molecular complexity index is 849. The van der Waals surface area contributed by atoms with E-state index in [-0.39, 0.29) is 6.54 Å². The number of anilines is 1. The van der Waals surface area contributed by atoms with Crippen LogP contribution in [0.3, 0.4) is 0 Å². The van der Waals surface area contributed by atoms with E-state index in [1.807, 2.05) is 37.3 Å². The maximum absolute atomic E-state index is 12.0. The van der Waals surface area contributed by atoms with Gasteiger partial charge in [0, 0.05) is 25.1 Å². The summed E-state index contributed by atoms with van der Waals surface area (Å²) in [5, 5.41) is 13.0. The molecule has 0 spiro atoms. The van der Waals surface area contributed by atoms with Gasteiger partial charge in [0.15, 0.2) is 5.82 Å². The van der Waals surface area contributed by atoms with Crippen molar-refractivity contribution in [1.82, 2.24) is 15.0 Å². The Kier molecular flexibility index (Phi) is 4.37. The van der Waals surface area contributed by atoms with Crippen LogP contribution >= 0.6 is 0 Å². The summed E-state index contributed by atoms with van der Waals surface area (Å²) >= 11 is 0. The number of carbonyl (C=O) groups is 1. The fourth-order valence-corrected chi connectivity index (χ4v) is 2.80. The molecule has 2 N–H and O–H groups in total. The van der Waals surface area contributed by atoms with E-state index in [1.165, 1.54) is 0 Å². The molecule has 3 rings (SSSR count). The minimum absolute atomic E-state index is 0.214. The van der Waals surface area contributed by atoms with Crippen LogP contribution in [0.5, 0.6) is 0 Å². The second kappa shape index (κ2) is 6.62. The molecule has 122 valence electrons. The van der Waals surface area contributed by atoms with Crippen LogP contribution in [0.25, 0.3) is 11.0 Å². The molecule has 0 saturated heterocycles. The number of fused-ring (bicyclic) bond motifs is 1. The number of carboxylic acid groups (broad SMARTS) is 1. The van der Waals surface area contributed by atoms with Crippen LogP contribution in [0.2, 0.25) is 0 Å². The molecule has 0 aliphatic carbocycles. The number of aliphatic carboxylic acids is 1. The molecule has 6 heteroatoms. The zero-order valence-electron chi connectivity index (χ0n) is 13.3. The van der Waals surface area contributed by atoms with Gasteiger partial charge in [0.25, 0.3) is 0 Å². The summed E-state index contributed by atoms with van der Waals surface area (Å²) < 4.78 is 0. The smallest absolute Gasteiger partial charge is 0.315 e. The highest BCUT2D eigenvalue weighted by Crippen LogP contribution is 2.29. The molecule has 0 amide bonds. The second-order valence-corrected chi connectivity index (χ2v) is 5.54. The lowest BCUT2D eigenvalue weighted by Crippen LogP contribution is -2.42. The van der Waals surface area contributed by atoms with Gasteiger partial charge in [0.1, 0.15) is 10.9 Å². The minimum Gasteiger partial charge on any atom is -0.481 e. The van der Waals surface area contributed by atoms with Gasteiger partial charge in [-0.05, 0) is 18.1 Å². The number of aromatic nitrogens is 3. The molecule has 24 heavy (non-hydrogen) atoms. The highest BCUT2D eigenvalue weighted by molar-refractivity contribution is 5.86. The minimum atomic E-state index is -1.03. The number of benzene rings is 1. The lowest BCUT2D eigenvalue weighted by atomic mass is 9.78. The van der Waals surface area contributed by atoms with Crippen LogP contribution in [-0.2, 0) is 10.2 Å². The first kappa shape index (κ1) is 15.9. The van der Waals surface area contributed by atoms with Gasteiger partial charge in [-0.25, -0.2) is 9.97 Å².